The van der Waals surface area contributed by atoms with Crippen LogP contribution < -0.4 is 10.6 Å². The van der Waals surface area contributed by atoms with E-state index in [9.17, 15) is 4.79 Å². The van der Waals surface area contributed by atoms with Gasteiger partial charge in [0, 0.05) is 21.1 Å². The van der Waals surface area contributed by atoms with Crippen molar-refractivity contribution in [1.82, 2.24) is 10.3 Å². The van der Waals surface area contributed by atoms with Gasteiger partial charge in [-0.15, -0.1) is 11.3 Å². The second-order valence-corrected chi connectivity index (χ2v) is 7.46. The van der Waals surface area contributed by atoms with E-state index in [4.69, 9.17) is 23.2 Å². The lowest BCUT2D eigenvalue weighted by Gasteiger charge is -2.20. The molecule has 1 aromatic carbocycles. The van der Waals surface area contributed by atoms with Crippen LogP contribution in [0.1, 0.15) is 29.2 Å². The van der Waals surface area contributed by atoms with Crippen molar-refractivity contribution >= 4 is 45.6 Å². The average molecular weight is 370 g/mol. The second kappa shape index (κ2) is 7.62. The molecule has 1 aliphatic rings. The zero-order valence-electron chi connectivity index (χ0n) is 12.4. The summed E-state index contributed by atoms with van der Waals surface area (Å²) in [6.07, 6.45) is 4.30. The molecule has 1 fully saturated rings. The van der Waals surface area contributed by atoms with Gasteiger partial charge in [0.05, 0.1) is 6.42 Å². The summed E-state index contributed by atoms with van der Waals surface area (Å²) in [6, 6.07) is 5.12. The van der Waals surface area contributed by atoms with Gasteiger partial charge in [-0.2, -0.15) is 0 Å². The normalized spacial score (nSPS) is 15.6. The molecule has 2 heterocycles. The van der Waals surface area contributed by atoms with Crippen molar-refractivity contribution < 1.29 is 4.79 Å². The second-order valence-electron chi connectivity index (χ2n) is 5.55. The van der Waals surface area contributed by atoms with Crippen LogP contribution >= 0.6 is 34.5 Å². The summed E-state index contributed by atoms with van der Waals surface area (Å²) >= 11 is 13.6. The number of thiazole rings is 1. The molecule has 0 spiro atoms. The van der Waals surface area contributed by atoms with E-state index in [1.165, 1.54) is 4.88 Å². The summed E-state index contributed by atoms with van der Waals surface area (Å²) < 4.78 is 0. The number of anilines is 1. The number of benzene rings is 1. The first-order valence-electron chi connectivity index (χ1n) is 7.52. The number of nitrogens with one attached hydrogen (secondary N) is 2. The molecular weight excluding hydrogens is 353 g/mol. The van der Waals surface area contributed by atoms with Gasteiger partial charge >= 0.3 is 0 Å². The fourth-order valence-corrected chi connectivity index (χ4v) is 4.04. The highest BCUT2D eigenvalue weighted by Gasteiger charge is 2.18. The Morgan fingerprint density at radius 1 is 1.35 bits per heavy atom. The molecular formula is C16H17Cl2N3OS. The van der Waals surface area contributed by atoms with Crippen molar-refractivity contribution in [3.63, 3.8) is 0 Å². The van der Waals surface area contributed by atoms with Gasteiger partial charge in [-0.25, -0.2) is 4.98 Å². The zero-order valence-corrected chi connectivity index (χ0v) is 14.8. The Bertz CT molecular complexity index is 698. The lowest BCUT2D eigenvalue weighted by molar-refractivity contribution is -0.115. The minimum Gasteiger partial charge on any atom is -0.317 e. The van der Waals surface area contributed by atoms with E-state index in [0.717, 1.165) is 25.9 Å². The number of piperidine rings is 1. The Hall–Kier alpha value is -1.14. The standard InChI is InChI=1S/C16H17Cl2N3OS/c17-12-1-2-13(18)11(7-12)8-15(22)21-16-20-9-14(23-16)10-3-5-19-6-4-10/h1-2,7,9-10,19H,3-6,8H2,(H,20,21,22). The van der Waals surface area contributed by atoms with Gasteiger partial charge in [-0.05, 0) is 55.6 Å². The number of carbonyl (C=O) groups excluding carboxylic acids is 1. The molecule has 23 heavy (non-hydrogen) atoms. The van der Waals surface area contributed by atoms with Gasteiger partial charge in [0.25, 0.3) is 0 Å². The fourth-order valence-electron chi connectivity index (χ4n) is 2.65. The molecule has 1 amide bonds. The number of carbonyl (C=O) groups is 1. The van der Waals surface area contributed by atoms with E-state index >= 15 is 0 Å². The van der Waals surface area contributed by atoms with Gasteiger partial charge in [-0.3, -0.25) is 4.79 Å². The van der Waals surface area contributed by atoms with Crippen LogP contribution in [0, 0.1) is 0 Å². The quantitative estimate of drug-likeness (QED) is 0.852. The third kappa shape index (κ3) is 4.44. The molecule has 0 radical (unpaired) electrons. The summed E-state index contributed by atoms with van der Waals surface area (Å²) in [5.41, 5.74) is 0.715. The molecule has 1 saturated heterocycles. The van der Waals surface area contributed by atoms with Gasteiger partial charge in [0.2, 0.25) is 5.91 Å². The third-order valence-electron chi connectivity index (χ3n) is 3.87. The van der Waals surface area contributed by atoms with Crippen LogP contribution in [0.5, 0.6) is 0 Å². The number of rotatable bonds is 4. The Morgan fingerprint density at radius 2 is 2.13 bits per heavy atom. The SMILES string of the molecule is O=C(Cc1cc(Cl)ccc1Cl)Nc1ncc(C2CCNCC2)s1. The Balaban J connectivity index is 1.61. The first-order chi connectivity index (χ1) is 11.1. The molecule has 1 aliphatic heterocycles. The minimum absolute atomic E-state index is 0.139. The maximum atomic E-state index is 12.2. The predicted octanol–water partition coefficient (Wildman–Crippen LogP) is 4.10. The van der Waals surface area contributed by atoms with E-state index in [1.54, 1.807) is 29.5 Å². The fraction of sp³-hybridized carbons (Fsp3) is 0.375. The summed E-state index contributed by atoms with van der Waals surface area (Å²) in [6.45, 7) is 2.08. The van der Waals surface area contributed by atoms with Gasteiger partial charge in [0.1, 0.15) is 0 Å². The number of aromatic nitrogens is 1. The van der Waals surface area contributed by atoms with Crippen LogP contribution in [0.3, 0.4) is 0 Å². The maximum absolute atomic E-state index is 12.2. The number of hydrogen-bond acceptors (Lipinski definition) is 4. The minimum atomic E-state index is -0.139. The van der Waals surface area contributed by atoms with Crippen LogP contribution in [-0.4, -0.2) is 24.0 Å². The van der Waals surface area contributed by atoms with Crippen molar-refractivity contribution in [3.8, 4) is 0 Å². The van der Waals surface area contributed by atoms with E-state index in [1.807, 2.05) is 6.20 Å². The monoisotopic (exact) mass is 369 g/mol. The predicted molar refractivity (Wildman–Crippen MR) is 95.8 cm³/mol. The smallest absolute Gasteiger partial charge is 0.230 e. The highest BCUT2D eigenvalue weighted by Crippen LogP contribution is 2.31. The molecule has 3 rings (SSSR count). The van der Waals surface area contributed by atoms with E-state index in [-0.39, 0.29) is 12.3 Å². The molecule has 122 valence electrons. The van der Waals surface area contributed by atoms with Gasteiger partial charge in [-0.1, -0.05) is 23.2 Å². The lowest BCUT2D eigenvalue weighted by atomic mass is 9.97. The van der Waals surface area contributed by atoms with Gasteiger partial charge < -0.3 is 10.6 Å². The van der Waals surface area contributed by atoms with Crippen molar-refractivity contribution in [1.29, 1.82) is 0 Å². The van der Waals surface area contributed by atoms with Gasteiger partial charge in [0.15, 0.2) is 5.13 Å². The van der Waals surface area contributed by atoms with E-state index in [0.29, 0.717) is 26.7 Å². The number of nitrogens with zero attached hydrogens (tertiary/aromatic N) is 1. The topological polar surface area (TPSA) is 54.0 Å². The highest BCUT2D eigenvalue weighted by molar-refractivity contribution is 7.15. The van der Waals surface area contributed by atoms with Crippen LogP contribution in [0.2, 0.25) is 10.0 Å². The molecule has 0 unspecified atom stereocenters. The van der Waals surface area contributed by atoms with Crippen LogP contribution in [-0.2, 0) is 11.2 Å². The van der Waals surface area contributed by atoms with E-state index < -0.39 is 0 Å². The van der Waals surface area contributed by atoms with E-state index in [2.05, 4.69) is 15.6 Å². The summed E-state index contributed by atoms with van der Waals surface area (Å²) in [7, 11) is 0. The first-order valence-corrected chi connectivity index (χ1v) is 9.09. The molecule has 0 aliphatic carbocycles. The van der Waals surface area contributed by atoms with Crippen LogP contribution in [0.25, 0.3) is 0 Å². The van der Waals surface area contributed by atoms with Crippen molar-refractivity contribution in [2.24, 2.45) is 0 Å². The molecule has 7 heteroatoms. The highest BCUT2D eigenvalue weighted by atomic mass is 35.5. The third-order valence-corrected chi connectivity index (χ3v) is 5.55. The largest absolute Gasteiger partial charge is 0.317 e. The number of halogens is 2. The lowest BCUT2D eigenvalue weighted by Crippen LogP contribution is -2.26. The molecule has 1 aromatic heterocycles. The molecule has 0 atom stereocenters. The van der Waals surface area contributed by atoms with Crippen LogP contribution in [0.4, 0.5) is 5.13 Å². The summed E-state index contributed by atoms with van der Waals surface area (Å²) in [5.74, 6) is 0.405. The van der Waals surface area contributed by atoms with Crippen molar-refractivity contribution in [2.45, 2.75) is 25.2 Å². The molecule has 2 N–H and O–H groups in total. The first kappa shape index (κ1) is 16.7. The zero-order chi connectivity index (χ0) is 16.2. The van der Waals surface area contributed by atoms with Crippen molar-refractivity contribution in [2.75, 3.05) is 18.4 Å². The Labute approximate surface area is 149 Å². The molecule has 0 saturated carbocycles. The number of hydrogen-bond donors (Lipinski definition) is 2. The average Bonchev–Trinajstić information content (AvgIpc) is 3.00. The molecule has 0 bridgehead atoms. The van der Waals surface area contributed by atoms with Crippen molar-refractivity contribution in [3.05, 3.63) is 44.9 Å². The molecule has 2 aromatic rings. The molecule has 4 nitrogen and oxygen atoms in total. The summed E-state index contributed by atoms with van der Waals surface area (Å²) in [5, 5.41) is 7.95. The van der Waals surface area contributed by atoms with Crippen LogP contribution in [0.15, 0.2) is 24.4 Å². The Kier molecular flexibility index (Phi) is 5.54. The number of amides is 1. The maximum Gasteiger partial charge on any atom is 0.230 e. The summed E-state index contributed by atoms with van der Waals surface area (Å²) in [4.78, 5) is 17.7. The Morgan fingerprint density at radius 3 is 2.91 bits per heavy atom.